The number of esters is 1. The van der Waals surface area contributed by atoms with Gasteiger partial charge < -0.3 is 9.47 Å². The molecule has 0 atom stereocenters. The van der Waals surface area contributed by atoms with Crippen molar-refractivity contribution in [2.24, 2.45) is 0 Å². The van der Waals surface area contributed by atoms with E-state index in [9.17, 15) is 34.4 Å². The number of carbonyl (C=O) groups excluding carboxylic acids is 1. The lowest BCUT2D eigenvalue weighted by Gasteiger charge is -2.19. The molecule has 0 unspecified atom stereocenters. The average Bonchev–Trinajstić information content (AvgIpc) is 3.33. The number of aromatic nitrogens is 1. The summed E-state index contributed by atoms with van der Waals surface area (Å²) in [6.07, 6.45) is 0. The van der Waals surface area contributed by atoms with Crippen LogP contribution in [0.5, 0.6) is 5.75 Å². The van der Waals surface area contributed by atoms with Crippen LogP contribution in [0.2, 0.25) is 0 Å². The van der Waals surface area contributed by atoms with E-state index in [-0.39, 0.29) is 27.3 Å². The second-order valence-electron chi connectivity index (χ2n) is 9.04. The van der Waals surface area contributed by atoms with Crippen molar-refractivity contribution < 1.29 is 43.9 Å². The molecule has 16 heteroatoms. The van der Waals surface area contributed by atoms with Crippen LogP contribution in [0.15, 0.2) is 87.5 Å². The van der Waals surface area contributed by atoms with Gasteiger partial charge in [0.1, 0.15) is 16.5 Å². The summed E-state index contributed by atoms with van der Waals surface area (Å²) in [4.78, 5) is 12.1. The molecule has 230 valence electrons. The first-order chi connectivity index (χ1) is 20.3. The SMILES string of the molecule is CCOC(=O)c1c(S(=O)(=O)N(C)CCNS(=O)(=O)c2ccc(OC)cc2)c2cc(F)ccc2n1S(=O)(=O)c1ccccc1. The zero-order valence-corrected chi connectivity index (χ0v) is 25.7. The maximum atomic E-state index is 14.5. The lowest BCUT2D eigenvalue weighted by Crippen LogP contribution is -2.36. The number of carbonyl (C=O) groups is 1. The van der Waals surface area contributed by atoms with E-state index < -0.39 is 65.5 Å². The molecule has 0 saturated carbocycles. The van der Waals surface area contributed by atoms with Crippen LogP contribution in [0, 0.1) is 5.82 Å². The summed E-state index contributed by atoms with van der Waals surface area (Å²) in [5.41, 5.74) is -1.13. The number of hydrogen-bond donors (Lipinski definition) is 1. The Morgan fingerprint density at radius 3 is 2.19 bits per heavy atom. The highest BCUT2D eigenvalue weighted by Gasteiger charge is 2.38. The van der Waals surface area contributed by atoms with Crippen LogP contribution in [0.1, 0.15) is 17.4 Å². The molecule has 0 spiro atoms. The summed E-state index contributed by atoms with van der Waals surface area (Å²) in [5.74, 6) is -1.72. The van der Waals surface area contributed by atoms with E-state index in [1.54, 1.807) is 6.07 Å². The molecule has 1 heterocycles. The molecule has 0 bridgehead atoms. The molecule has 0 saturated heterocycles. The van der Waals surface area contributed by atoms with E-state index in [2.05, 4.69) is 4.72 Å². The van der Waals surface area contributed by atoms with Gasteiger partial charge in [0.15, 0.2) is 5.69 Å². The first-order valence-corrected chi connectivity index (χ1v) is 17.0. The number of hydrogen-bond acceptors (Lipinski definition) is 9. The lowest BCUT2D eigenvalue weighted by molar-refractivity contribution is 0.0513. The van der Waals surface area contributed by atoms with Gasteiger partial charge in [-0.05, 0) is 61.5 Å². The molecule has 3 aromatic carbocycles. The standard InChI is InChI=1S/C27H28FN3O9S3/c1-4-40-27(32)25-26(23-18-19(28)10-15-24(23)31(25)42(35,36)22-8-6-5-7-9-22)43(37,38)30(2)17-16-29-41(33,34)21-13-11-20(39-3)12-14-21/h5-15,18,29H,4,16-17H2,1-3H3. The summed E-state index contributed by atoms with van der Waals surface area (Å²) in [6, 6.07) is 15.3. The van der Waals surface area contributed by atoms with Gasteiger partial charge in [0.2, 0.25) is 20.0 Å². The Balaban J connectivity index is 1.80. The van der Waals surface area contributed by atoms with Crippen molar-refractivity contribution in [1.82, 2.24) is 13.0 Å². The van der Waals surface area contributed by atoms with Crippen LogP contribution >= 0.6 is 0 Å². The number of ether oxygens (including phenoxy) is 2. The third kappa shape index (κ3) is 6.28. The molecular formula is C27H28FN3O9S3. The minimum absolute atomic E-state index is 0.0897. The molecule has 12 nitrogen and oxygen atoms in total. The molecule has 4 rings (SSSR count). The van der Waals surface area contributed by atoms with Crippen LogP contribution in [-0.2, 0) is 34.8 Å². The summed E-state index contributed by atoms with van der Waals surface area (Å²) in [5, 5.41) is -0.381. The number of rotatable bonds is 12. The molecular weight excluding hydrogens is 626 g/mol. The van der Waals surface area contributed by atoms with Crippen molar-refractivity contribution in [2.75, 3.05) is 33.9 Å². The maximum absolute atomic E-state index is 14.5. The van der Waals surface area contributed by atoms with Gasteiger partial charge in [0.25, 0.3) is 10.0 Å². The van der Waals surface area contributed by atoms with Gasteiger partial charge in [-0.2, -0.15) is 4.31 Å². The van der Waals surface area contributed by atoms with Gasteiger partial charge in [-0.15, -0.1) is 0 Å². The molecule has 0 aliphatic rings. The highest BCUT2D eigenvalue weighted by molar-refractivity contribution is 7.91. The van der Waals surface area contributed by atoms with E-state index >= 15 is 0 Å². The Kier molecular flexibility index (Phi) is 9.27. The third-order valence-electron chi connectivity index (χ3n) is 6.35. The molecule has 0 aliphatic heterocycles. The van der Waals surface area contributed by atoms with Crippen molar-refractivity contribution in [3.63, 3.8) is 0 Å². The first-order valence-electron chi connectivity index (χ1n) is 12.7. The number of nitrogens with one attached hydrogen (secondary N) is 1. The lowest BCUT2D eigenvalue weighted by atomic mass is 10.2. The second-order valence-corrected chi connectivity index (χ2v) is 14.6. The van der Waals surface area contributed by atoms with E-state index in [4.69, 9.17) is 9.47 Å². The van der Waals surface area contributed by atoms with E-state index in [0.717, 1.165) is 29.6 Å². The fourth-order valence-electron chi connectivity index (χ4n) is 4.24. The molecule has 0 fully saturated rings. The van der Waals surface area contributed by atoms with Gasteiger partial charge in [0, 0.05) is 25.5 Å². The molecule has 4 aromatic rings. The number of fused-ring (bicyclic) bond motifs is 1. The summed E-state index contributed by atoms with van der Waals surface area (Å²) >= 11 is 0. The Hall–Kier alpha value is -3.83. The zero-order valence-electron chi connectivity index (χ0n) is 23.2. The van der Waals surface area contributed by atoms with Crippen molar-refractivity contribution in [3.8, 4) is 5.75 Å². The zero-order chi connectivity index (χ0) is 31.6. The Bertz CT molecular complexity index is 1980. The predicted molar refractivity (Wildman–Crippen MR) is 155 cm³/mol. The van der Waals surface area contributed by atoms with Gasteiger partial charge >= 0.3 is 5.97 Å². The molecule has 43 heavy (non-hydrogen) atoms. The largest absolute Gasteiger partial charge is 0.497 e. The van der Waals surface area contributed by atoms with Crippen LogP contribution in [0.4, 0.5) is 4.39 Å². The van der Waals surface area contributed by atoms with Gasteiger partial charge in [-0.3, -0.25) is 0 Å². The fraction of sp³-hybridized carbons (Fsp3) is 0.222. The number of methoxy groups -OCH3 is 1. The number of halogens is 1. The summed E-state index contributed by atoms with van der Waals surface area (Å²) in [7, 11) is -10.9. The van der Waals surface area contributed by atoms with Gasteiger partial charge in [-0.1, -0.05) is 18.2 Å². The van der Waals surface area contributed by atoms with Gasteiger partial charge in [0.05, 0.1) is 29.0 Å². The second kappa shape index (κ2) is 12.4. The average molecular weight is 654 g/mol. The number of nitrogens with zero attached hydrogens (tertiary/aromatic N) is 2. The van der Waals surface area contributed by atoms with E-state index in [0.29, 0.717) is 9.72 Å². The van der Waals surface area contributed by atoms with Gasteiger partial charge in [-0.25, -0.2) is 43.1 Å². The predicted octanol–water partition coefficient (Wildman–Crippen LogP) is 2.80. The quantitative estimate of drug-likeness (QED) is 0.227. The minimum Gasteiger partial charge on any atom is -0.497 e. The molecule has 0 radical (unpaired) electrons. The minimum atomic E-state index is -4.76. The number of benzene rings is 3. The van der Waals surface area contributed by atoms with Crippen LogP contribution in [0.3, 0.4) is 0 Å². The smallest absolute Gasteiger partial charge is 0.357 e. The molecule has 0 aliphatic carbocycles. The van der Waals surface area contributed by atoms with E-state index in [1.165, 1.54) is 62.6 Å². The van der Waals surface area contributed by atoms with Crippen molar-refractivity contribution >= 4 is 46.9 Å². The normalized spacial score (nSPS) is 12.5. The summed E-state index contributed by atoms with van der Waals surface area (Å²) in [6.45, 7) is 0.398. The Morgan fingerprint density at radius 1 is 0.930 bits per heavy atom. The number of likely N-dealkylation sites (N-methyl/N-ethyl adjacent to an activating group) is 1. The molecule has 1 N–H and O–H groups in total. The highest BCUT2D eigenvalue weighted by atomic mass is 32.2. The Labute approximate surface area is 248 Å². The van der Waals surface area contributed by atoms with Crippen LogP contribution < -0.4 is 9.46 Å². The third-order valence-corrected chi connectivity index (χ3v) is 11.5. The number of sulfonamides is 2. The van der Waals surface area contributed by atoms with Crippen molar-refractivity contribution in [3.05, 3.63) is 84.3 Å². The van der Waals surface area contributed by atoms with Crippen molar-refractivity contribution in [1.29, 1.82) is 0 Å². The summed E-state index contributed by atoms with van der Waals surface area (Å²) < 4.78 is 109. The molecule has 1 aromatic heterocycles. The topological polar surface area (TPSA) is 158 Å². The highest BCUT2D eigenvalue weighted by Crippen LogP contribution is 2.36. The van der Waals surface area contributed by atoms with E-state index in [1.807, 2.05) is 0 Å². The fourth-order valence-corrected chi connectivity index (χ4v) is 8.36. The molecule has 0 amide bonds. The monoisotopic (exact) mass is 653 g/mol. The maximum Gasteiger partial charge on any atom is 0.357 e. The van der Waals surface area contributed by atoms with Crippen LogP contribution in [0.25, 0.3) is 10.9 Å². The first kappa shape index (κ1) is 32.1. The van der Waals surface area contributed by atoms with Crippen molar-refractivity contribution in [2.45, 2.75) is 21.6 Å². The Morgan fingerprint density at radius 2 is 1.58 bits per heavy atom. The van der Waals surface area contributed by atoms with Crippen LogP contribution in [-0.4, -0.2) is 73.4 Å².